The van der Waals surface area contributed by atoms with Gasteiger partial charge in [0.25, 0.3) is 0 Å². The molecule has 1 aliphatic heterocycles. The number of benzene rings is 1. The Morgan fingerprint density at radius 1 is 1.35 bits per heavy atom. The second kappa shape index (κ2) is 7.58. The number of rotatable bonds is 4. The van der Waals surface area contributed by atoms with Gasteiger partial charge in [-0.05, 0) is 68.9 Å². The van der Waals surface area contributed by atoms with E-state index in [0.29, 0.717) is 12.0 Å². The van der Waals surface area contributed by atoms with Crippen molar-refractivity contribution in [2.45, 2.75) is 45.6 Å². The van der Waals surface area contributed by atoms with Crippen molar-refractivity contribution >= 4 is 15.9 Å². The minimum absolute atomic E-state index is 0.486. The highest BCUT2D eigenvalue weighted by Gasteiger charge is 2.29. The molecular weight excluding hydrogens is 312 g/mol. The van der Waals surface area contributed by atoms with Gasteiger partial charge in [-0.15, -0.1) is 0 Å². The summed E-state index contributed by atoms with van der Waals surface area (Å²) in [4.78, 5) is 2.65. The maximum Gasteiger partial charge on any atom is 0.0388 e. The van der Waals surface area contributed by atoms with Crippen molar-refractivity contribution in [3.63, 3.8) is 0 Å². The topological polar surface area (TPSA) is 29.3 Å². The summed E-state index contributed by atoms with van der Waals surface area (Å²) in [6, 6.07) is 7.31. The molecule has 0 bridgehead atoms. The van der Waals surface area contributed by atoms with Gasteiger partial charge in [-0.25, -0.2) is 0 Å². The fourth-order valence-corrected chi connectivity index (χ4v) is 3.77. The van der Waals surface area contributed by atoms with E-state index in [0.717, 1.165) is 6.54 Å². The number of hydrogen-bond donors (Lipinski definition) is 1. The van der Waals surface area contributed by atoms with Crippen molar-refractivity contribution in [2.24, 2.45) is 11.7 Å². The molecule has 0 amide bonds. The minimum Gasteiger partial charge on any atom is -0.330 e. The molecule has 1 aliphatic rings. The number of nitrogens with zero attached hydrogens (tertiary/aromatic N) is 1. The van der Waals surface area contributed by atoms with Crippen LogP contribution in [0.15, 0.2) is 22.7 Å². The van der Waals surface area contributed by atoms with Gasteiger partial charge >= 0.3 is 0 Å². The predicted molar refractivity (Wildman–Crippen MR) is 89.9 cm³/mol. The molecule has 0 spiro atoms. The zero-order valence-corrected chi connectivity index (χ0v) is 14.3. The third-order valence-electron chi connectivity index (χ3n) is 4.46. The molecule has 2 N–H and O–H groups in total. The molecule has 1 heterocycles. The first-order valence-corrected chi connectivity index (χ1v) is 8.66. The lowest BCUT2D eigenvalue weighted by Gasteiger charge is -2.35. The van der Waals surface area contributed by atoms with E-state index in [-0.39, 0.29) is 0 Å². The largest absolute Gasteiger partial charge is 0.330 e. The molecule has 112 valence electrons. The Kier molecular flexibility index (Phi) is 6.06. The third kappa shape index (κ3) is 3.63. The highest BCUT2D eigenvalue weighted by molar-refractivity contribution is 9.10. The van der Waals surface area contributed by atoms with Gasteiger partial charge in [0.15, 0.2) is 0 Å². The van der Waals surface area contributed by atoms with Crippen molar-refractivity contribution < 1.29 is 0 Å². The Labute approximate surface area is 131 Å². The van der Waals surface area contributed by atoms with E-state index >= 15 is 0 Å². The summed E-state index contributed by atoms with van der Waals surface area (Å²) in [5.41, 5.74) is 8.81. The van der Waals surface area contributed by atoms with E-state index in [4.69, 9.17) is 5.73 Å². The quantitative estimate of drug-likeness (QED) is 0.888. The maximum atomic E-state index is 6.09. The molecule has 1 aromatic carbocycles. The molecule has 2 rings (SSSR count). The van der Waals surface area contributed by atoms with Crippen LogP contribution < -0.4 is 5.73 Å². The second-order valence-corrected chi connectivity index (χ2v) is 6.84. The molecule has 2 nitrogen and oxygen atoms in total. The van der Waals surface area contributed by atoms with Crippen LogP contribution in [-0.2, 0) is 0 Å². The monoisotopic (exact) mass is 338 g/mol. The molecule has 1 saturated heterocycles. The molecule has 2 atom stereocenters. The van der Waals surface area contributed by atoms with Gasteiger partial charge in [0, 0.05) is 10.5 Å². The van der Waals surface area contributed by atoms with Crippen LogP contribution in [-0.4, -0.2) is 24.5 Å². The van der Waals surface area contributed by atoms with Crippen LogP contribution in [0.3, 0.4) is 0 Å². The fraction of sp³-hybridized carbons (Fsp3) is 0.647. The van der Waals surface area contributed by atoms with E-state index < -0.39 is 0 Å². The summed E-state index contributed by atoms with van der Waals surface area (Å²) in [7, 11) is 0. The van der Waals surface area contributed by atoms with Crippen LogP contribution in [0.25, 0.3) is 0 Å². The van der Waals surface area contributed by atoms with Crippen LogP contribution in [0, 0.1) is 12.8 Å². The lowest BCUT2D eigenvalue weighted by Crippen LogP contribution is -2.36. The molecule has 0 saturated carbocycles. The number of halogens is 1. The first-order valence-electron chi connectivity index (χ1n) is 7.87. The Morgan fingerprint density at radius 3 is 2.80 bits per heavy atom. The highest BCUT2D eigenvalue weighted by atomic mass is 79.9. The standard InChI is InChI=1S/C17H27BrN2/c1-3-9-20-10-5-4-6-15(12-19)17(20)14-8-7-13(2)16(18)11-14/h7-8,11,15,17H,3-6,9-10,12,19H2,1-2H3. The Morgan fingerprint density at radius 2 is 2.15 bits per heavy atom. The van der Waals surface area contributed by atoms with Gasteiger partial charge in [0.1, 0.15) is 0 Å². The molecule has 20 heavy (non-hydrogen) atoms. The summed E-state index contributed by atoms with van der Waals surface area (Å²) >= 11 is 3.68. The van der Waals surface area contributed by atoms with Crippen molar-refractivity contribution in [3.8, 4) is 0 Å². The van der Waals surface area contributed by atoms with E-state index in [2.05, 4.69) is 52.9 Å². The Bertz CT molecular complexity index is 433. The third-order valence-corrected chi connectivity index (χ3v) is 5.32. The minimum atomic E-state index is 0.486. The van der Waals surface area contributed by atoms with Crippen LogP contribution in [0.5, 0.6) is 0 Å². The van der Waals surface area contributed by atoms with Gasteiger partial charge < -0.3 is 5.73 Å². The smallest absolute Gasteiger partial charge is 0.0388 e. The van der Waals surface area contributed by atoms with Crippen LogP contribution >= 0.6 is 15.9 Å². The van der Waals surface area contributed by atoms with Gasteiger partial charge in [0.05, 0.1) is 0 Å². The first-order chi connectivity index (χ1) is 9.67. The molecule has 3 heteroatoms. The summed E-state index contributed by atoms with van der Waals surface area (Å²) in [5.74, 6) is 0.582. The molecule has 0 aromatic heterocycles. The molecule has 1 fully saturated rings. The Balaban J connectivity index is 2.34. The lowest BCUT2D eigenvalue weighted by atomic mass is 9.89. The zero-order chi connectivity index (χ0) is 14.5. The molecule has 1 aromatic rings. The van der Waals surface area contributed by atoms with Crippen molar-refractivity contribution in [1.82, 2.24) is 4.90 Å². The van der Waals surface area contributed by atoms with Crippen molar-refractivity contribution in [1.29, 1.82) is 0 Å². The summed E-state index contributed by atoms with van der Waals surface area (Å²) in [5, 5.41) is 0. The number of nitrogens with two attached hydrogens (primary N) is 1. The van der Waals surface area contributed by atoms with E-state index in [1.165, 1.54) is 54.4 Å². The average molecular weight is 339 g/mol. The SMILES string of the molecule is CCCN1CCCCC(CN)C1c1ccc(C)c(Br)c1. The maximum absolute atomic E-state index is 6.09. The first kappa shape index (κ1) is 16.0. The molecule has 0 radical (unpaired) electrons. The zero-order valence-electron chi connectivity index (χ0n) is 12.7. The van der Waals surface area contributed by atoms with Gasteiger partial charge in [0.2, 0.25) is 0 Å². The van der Waals surface area contributed by atoms with E-state index in [9.17, 15) is 0 Å². The average Bonchev–Trinajstić information content (AvgIpc) is 2.64. The van der Waals surface area contributed by atoms with Crippen LogP contribution in [0.1, 0.15) is 49.8 Å². The van der Waals surface area contributed by atoms with Crippen molar-refractivity contribution in [3.05, 3.63) is 33.8 Å². The van der Waals surface area contributed by atoms with Crippen LogP contribution in [0.4, 0.5) is 0 Å². The highest BCUT2D eigenvalue weighted by Crippen LogP contribution is 2.36. The number of hydrogen-bond acceptors (Lipinski definition) is 2. The summed E-state index contributed by atoms with van der Waals surface area (Å²) in [6.45, 7) is 7.58. The van der Waals surface area contributed by atoms with E-state index in [1.54, 1.807) is 0 Å². The van der Waals surface area contributed by atoms with Crippen LogP contribution in [0.2, 0.25) is 0 Å². The normalized spacial score (nSPS) is 24.6. The number of likely N-dealkylation sites (tertiary alicyclic amines) is 1. The van der Waals surface area contributed by atoms with Gasteiger partial charge in [-0.1, -0.05) is 41.4 Å². The summed E-state index contributed by atoms with van der Waals surface area (Å²) < 4.78 is 1.21. The van der Waals surface area contributed by atoms with Gasteiger partial charge in [-0.3, -0.25) is 4.90 Å². The summed E-state index contributed by atoms with van der Waals surface area (Å²) in [6.07, 6.45) is 5.08. The predicted octanol–water partition coefficient (Wildman–Crippen LogP) is 4.27. The second-order valence-electron chi connectivity index (χ2n) is 5.98. The Hall–Kier alpha value is -0.380. The number of aryl methyl sites for hydroxylation is 1. The van der Waals surface area contributed by atoms with Crippen molar-refractivity contribution in [2.75, 3.05) is 19.6 Å². The van der Waals surface area contributed by atoms with Gasteiger partial charge in [-0.2, -0.15) is 0 Å². The molecular formula is C17H27BrN2. The van der Waals surface area contributed by atoms with E-state index in [1.807, 2.05) is 0 Å². The molecule has 2 unspecified atom stereocenters. The fourth-order valence-electron chi connectivity index (χ4n) is 3.38. The lowest BCUT2D eigenvalue weighted by molar-refractivity contribution is 0.158. The molecule has 0 aliphatic carbocycles.